The summed E-state index contributed by atoms with van der Waals surface area (Å²) >= 11 is 1.44. The molecule has 0 amide bonds. The Morgan fingerprint density at radius 3 is 2.26 bits per heavy atom. The normalized spacial score (nSPS) is 15.8. The van der Waals surface area contributed by atoms with Gasteiger partial charge in [-0.2, -0.15) is 4.37 Å². The lowest BCUT2D eigenvalue weighted by Crippen LogP contribution is -2.46. The third-order valence-corrected chi connectivity index (χ3v) is 4.16. The fourth-order valence-electron chi connectivity index (χ4n) is 2.26. The summed E-state index contributed by atoms with van der Waals surface area (Å²) in [7, 11) is 0. The van der Waals surface area contributed by atoms with Gasteiger partial charge in [-0.1, -0.05) is 0 Å². The van der Waals surface area contributed by atoms with Crippen molar-refractivity contribution in [1.29, 1.82) is 0 Å². The van der Waals surface area contributed by atoms with Crippen LogP contribution in [0.5, 0.6) is 0 Å². The van der Waals surface area contributed by atoms with Gasteiger partial charge in [-0.3, -0.25) is 0 Å². The van der Waals surface area contributed by atoms with Gasteiger partial charge in [0.25, 0.3) is 0 Å². The maximum Gasteiger partial charge on any atom is 0.139 e. The van der Waals surface area contributed by atoms with Gasteiger partial charge in [-0.25, -0.2) is 4.39 Å². The van der Waals surface area contributed by atoms with Crippen molar-refractivity contribution in [3.63, 3.8) is 0 Å². The number of nitrogens with two attached hydrogens (primary N) is 1. The van der Waals surface area contributed by atoms with Crippen LogP contribution in [0.15, 0.2) is 30.3 Å². The van der Waals surface area contributed by atoms with Crippen LogP contribution < -0.4 is 15.5 Å². The Hall–Kier alpha value is -1.82. The molecule has 0 radical (unpaired) electrons. The van der Waals surface area contributed by atoms with Crippen molar-refractivity contribution in [3.8, 4) is 0 Å². The lowest BCUT2D eigenvalue weighted by molar-refractivity contribution is 0.625. The highest BCUT2D eigenvalue weighted by atomic mass is 32.1. The molecule has 6 heteroatoms. The van der Waals surface area contributed by atoms with Crippen LogP contribution in [0.1, 0.15) is 0 Å². The van der Waals surface area contributed by atoms with Crippen LogP contribution in [0.25, 0.3) is 0 Å². The average Bonchev–Trinajstić information content (AvgIpc) is 2.87. The van der Waals surface area contributed by atoms with Crippen LogP contribution in [0, 0.1) is 5.82 Å². The Bertz CT molecular complexity index is 546. The van der Waals surface area contributed by atoms with Crippen molar-refractivity contribution in [2.75, 3.05) is 41.7 Å². The van der Waals surface area contributed by atoms with E-state index in [-0.39, 0.29) is 5.82 Å². The van der Waals surface area contributed by atoms with E-state index >= 15 is 0 Å². The summed E-state index contributed by atoms with van der Waals surface area (Å²) in [4.78, 5) is 4.55. The molecular formula is C13H15FN4S. The average molecular weight is 278 g/mol. The van der Waals surface area contributed by atoms with E-state index in [2.05, 4.69) is 14.2 Å². The third kappa shape index (κ3) is 2.63. The molecule has 2 aromatic rings. The molecule has 0 aliphatic carbocycles. The van der Waals surface area contributed by atoms with Crippen LogP contribution in [-0.2, 0) is 0 Å². The zero-order valence-electron chi connectivity index (χ0n) is 10.4. The first-order chi connectivity index (χ1) is 9.22. The molecule has 1 aliphatic rings. The molecular weight excluding hydrogens is 263 g/mol. The first kappa shape index (κ1) is 12.2. The van der Waals surface area contributed by atoms with Gasteiger partial charge >= 0.3 is 0 Å². The molecule has 100 valence electrons. The number of nitrogen functional groups attached to an aromatic ring is 1. The topological polar surface area (TPSA) is 45.4 Å². The molecule has 0 unspecified atom stereocenters. The second kappa shape index (κ2) is 5.05. The van der Waals surface area contributed by atoms with E-state index < -0.39 is 0 Å². The minimum absolute atomic E-state index is 0.192. The second-order valence-corrected chi connectivity index (χ2v) is 5.32. The predicted molar refractivity (Wildman–Crippen MR) is 77.4 cm³/mol. The highest BCUT2D eigenvalue weighted by molar-refractivity contribution is 7.10. The molecule has 4 nitrogen and oxygen atoms in total. The lowest BCUT2D eigenvalue weighted by atomic mass is 10.2. The van der Waals surface area contributed by atoms with Crippen molar-refractivity contribution in [2.24, 2.45) is 0 Å². The maximum atomic E-state index is 12.9. The molecule has 1 aliphatic heterocycles. The molecule has 1 aromatic carbocycles. The van der Waals surface area contributed by atoms with Gasteiger partial charge in [0.15, 0.2) is 0 Å². The summed E-state index contributed by atoms with van der Waals surface area (Å²) < 4.78 is 17.0. The van der Waals surface area contributed by atoms with Gasteiger partial charge in [0.1, 0.15) is 16.6 Å². The Morgan fingerprint density at radius 1 is 1.05 bits per heavy atom. The lowest BCUT2D eigenvalue weighted by Gasteiger charge is -2.36. The predicted octanol–water partition coefficient (Wildman–Crippen LogP) is 2.19. The summed E-state index contributed by atoms with van der Waals surface area (Å²) in [5.41, 5.74) is 6.72. The Kier molecular flexibility index (Phi) is 3.25. The van der Waals surface area contributed by atoms with Gasteiger partial charge in [-0.05, 0) is 35.8 Å². The van der Waals surface area contributed by atoms with Crippen LogP contribution in [-0.4, -0.2) is 30.6 Å². The molecule has 1 saturated heterocycles. The van der Waals surface area contributed by atoms with Gasteiger partial charge in [-0.15, -0.1) is 0 Å². The van der Waals surface area contributed by atoms with E-state index in [1.807, 2.05) is 18.2 Å². The highest BCUT2D eigenvalue weighted by Gasteiger charge is 2.18. The third-order valence-electron chi connectivity index (χ3n) is 3.30. The molecule has 0 spiro atoms. The van der Waals surface area contributed by atoms with E-state index in [0.717, 1.165) is 36.9 Å². The summed E-state index contributed by atoms with van der Waals surface area (Å²) in [5.74, 6) is 0.392. The van der Waals surface area contributed by atoms with E-state index in [1.54, 1.807) is 0 Å². The van der Waals surface area contributed by atoms with Crippen molar-refractivity contribution >= 4 is 28.0 Å². The van der Waals surface area contributed by atoms with Crippen LogP contribution in [0.3, 0.4) is 0 Å². The molecule has 2 heterocycles. The van der Waals surface area contributed by atoms with Gasteiger partial charge < -0.3 is 15.5 Å². The van der Waals surface area contributed by atoms with Crippen LogP contribution >= 0.6 is 11.5 Å². The van der Waals surface area contributed by atoms with Gasteiger partial charge in [0.2, 0.25) is 0 Å². The standard InChI is InChI=1S/C13H15FN4S/c14-10-1-3-11(4-2-10)17-5-7-18(8-6-17)13-9-12(15)16-19-13/h1-4,9H,5-8H2,(H2,15,16). The molecule has 19 heavy (non-hydrogen) atoms. The maximum absolute atomic E-state index is 12.9. The fraction of sp³-hybridized carbons (Fsp3) is 0.308. The van der Waals surface area contributed by atoms with E-state index in [9.17, 15) is 4.39 Å². The SMILES string of the molecule is Nc1cc(N2CCN(c3ccc(F)cc3)CC2)sn1. The zero-order chi connectivity index (χ0) is 13.2. The molecule has 0 saturated carbocycles. The monoisotopic (exact) mass is 278 g/mol. The highest BCUT2D eigenvalue weighted by Crippen LogP contribution is 2.25. The minimum atomic E-state index is -0.192. The number of benzene rings is 1. The summed E-state index contributed by atoms with van der Waals surface area (Å²) in [6.07, 6.45) is 0. The van der Waals surface area contributed by atoms with Crippen molar-refractivity contribution in [2.45, 2.75) is 0 Å². The largest absolute Gasteiger partial charge is 0.383 e. The number of hydrogen-bond acceptors (Lipinski definition) is 5. The van der Waals surface area contributed by atoms with Crippen molar-refractivity contribution in [3.05, 3.63) is 36.1 Å². The van der Waals surface area contributed by atoms with Gasteiger partial charge in [0.05, 0.1) is 0 Å². The number of aromatic nitrogens is 1. The number of rotatable bonds is 2. The number of halogens is 1. The molecule has 0 bridgehead atoms. The Morgan fingerprint density at radius 2 is 1.68 bits per heavy atom. The van der Waals surface area contributed by atoms with Crippen molar-refractivity contribution < 1.29 is 4.39 Å². The summed E-state index contributed by atoms with van der Waals surface area (Å²) in [5, 5.41) is 1.12. The Balaban J connectivity index is 1.64. The first-order valence-electron chi connectivity index (χ1n) is 6.20. The number of hydrogen-bond donors (Lipinski definition) is 1. The molecule has 1 aromatic heterocycles. The summed E-state index contributed by atoms with van der Waals surface area (Å²) in [6, 6.07) is 8.58. The fourth-order valence-corrected chi connectivity index (χ4v) is 2.99. The zero-order valence-corrected chi connectivity index (χ0v) is 11.2. The molecule has 1 fully saturated rings. The minimum Gasteiger partial charge on any atom is -0.383 e. The van der Waals surface area contributed by atoms with Crippen LogP contribution in [0.2, 0.25) is 0 Å². The quantitative estimate of drug-likeness (QED) is 0.914. The van der Waals surface area contributed by atoms with Crippen LogP contribution in [0.4, 0.5) is 20.9 Å². The van der Waals surface area contributed by atoms with E-state index in [1.165, 1.54) is 23.7 Å². The van der Waals surface area contributed by atoms with E-state index in [0.29, 0.717) is 5.82 Å². The second-order valence-electron chi connectivity index (χ2n) is 4.54. The smallest absolute Gasteiger partial charge is 0.139 e. The number of anilines is 3. The van der Waals surface area contributed by atoms with Crippen molar-refractivity contribution in [1.82, 2.24) is 4.37 Å². The first-order valence-corrected chi connectivity index (χ1v) is 6.97. The molecule has 3 rings (SSSR count). The summed E-state index contributed by atoms with van der Waals surface area (Å²) in [6.45, 7) is 3.70. The number of nitrogens with zero attached hydrogens (tertiary/aromatic N) is 3. The van der Waals surface area contributed by atoms with E-state index in [4.69, 9.17) is 5.73 Å². The number of piperazine rings is 1. The Labute approximate surface area is 115 Å². The molecule has 2 N–H and O–H groups in total. The molecule has 0 atom stereocenters. The van der Waals surface area contributed by atoms with Gasteiger partial charge in [0, 0.05) is 37.9 Å².